The number of rotatable bonds is 4. The summed E-state index contributed by atoms with van der Waals surface area (Å²) >= 11 is 0. The Bertz CT molecular complexity index is 941. The third-order valence-electron chi connectivity index (χ3n) is 3.51. The van der Waals surface area contributed by atoms with E-state index in [1.165, 1.54) is 24.3 Å². The standard InChI is InChI=1S/C18H15NO4S/c1-2-23-13-7-9-14(10-8-13)24(21,22)19-17-11-12-18(20)16-6-4-3-5-15(16)17/h3-12H,2H2,1H3. The van der Waals surface area contributed by atoms with Gasteiger partial charge in [-0.25, -0.2) is 0 Å². The van der Waals surface area contributed by atoms with Crippen LogP contribution in [0.5, 0.6) is 5.75 Å². The molecule has 0 spiro atoms. The molecule has 0 atom stereocenters. The van der Waals surface area contributed by atoms with Crippen molar-refractivity contribution in [1.82, 2.24) is 0 Å². The Kier molecular flexibility index (Phi) is 4.31. The number of sulfonamides is 1. The van der Waals surface area contributed by atoms with E-state index in [1.807, 2.05) is 6.92 Å². The van der Waals surface area contributed by atoms with Crippen molar-refractivity contribution in [2.45, 2.75) is 11.8 Å². The lowest BCUT2D eigenvalue weighted by atomic mass is 9.95. The number of benzene rings is 2. The fourth-order valence-electron chi connectivity index (χ4n) is 2.39. The van der Waals surface area contributed by atoms with Crippen LogP contribution in [0.2, 0.25) is 0 Å². The molecule has 5 nitrogen and oxygen atoms in total. The topological polar surface area (TPSA) is 72.8 Å². The van der Waals surface area contributed by atoms with Gasteiger partial charge in [0.2, 0.25) is 0 Å². The summed E-state index contributed by atoms with van der Waals surface area (Å²) in [6.45, 7) is 2.36. The van der Waals surface area contributed by atoms with Crippen LogP contribution in [0.25, 0.3) is 0 Å². The molecule has 0 aliphatic heterocycles. The molecular weight excluding hydrogens is 326 g/mol. The second-order valence-corrected chi connectivity index (χ2v) is 6.70. The molecule has 122 valence electrons. The highest BCUT2D eigenvalue weighted by molar-refractivity contribution is 7.90. The molecule has 1 aliphatic rings. The SMILES string of the molecule is CCOc1ccc(S(=O)(=O)N=C2C=CC(=O)c3ccccc32)cc1. The average Bonchev–Trinajstić information content (AvgIpc) is 2.58. The summed E-state index contributed by atoms with van der Waals surface area (Å²) in [7, 11) is -3.88. The third-order valence-corrected chi connectivity index (χ3v) is 4.82. The van der Waals surface area contributed by atoms with Crippen LogP contribution in [-0.4, -0.2) is 26.5 Å². The van der Waals surface area contributed by atoms with Crippen molar-refractivity contribution in [3.8, 4) is 5.75 Å². The lowest BCUT2D eigenvalue weighted by Crippen LogP contribution is -2.14. The number of carbonyl (C=O) groups is 1. The van der Waals surface area contributed by atoms with Gasteiger partial charge in [0.1, 0.15) is 5.75 Å². The number of hydrogen-bond donors (Lipinski definition) is 0. The van der Waals surface area contributed by atoms with Gasteiger partial charge in [-0.3, -0.25) is 4.79 Å². The molecule has 0 aromatic heterocycles. The van der Waals surface area contributed by atoms with Gasteiger partial charge in [0.15, 0.2) is 5.78 Å². The molecule has 0 radical (unpaired) electrons. The maximum atomic E-state index is 12.5. The minimum Gasteiger partial charge on any atom is -0.494 e. The molecule has 0 saturated carbocycles. The van der Waals surface area contributed by atoms with E-state index in [2.05, 4.69) is 4.40 Å². The average molecular weight is 341 g/mol. The van der Waals surface area contributed by atoms with Gasteiger partial charge in [-0.2, -0.15) is 12.8 Å². The molecule has 24 heavy (non-hydrogen) atoms. The molecule has 0 unspecified atom stereocenters. The Labute approximate surface area is 140 Å². The van der Waals surface area contributed by atoms with Gasteiger partial charge in [-0.05, 0) is 43.3 Å². The minimum absolute atomic E-state index is 0.0706. The van der Waals surface area contributed by atoms with Crippen LogP contribution in [0.15, 0.2) is 70.0 Å². The normalized spacial score (nSPS) is 15.4. The molecule has 3 rings (SSSR count). The van der Waals surface area contributed by atoms with Crippen molar-refractivity contribution in [1.29, 1.82) is 0 Å². The van der Waals surface area contributed by atoms with Gasteiger partial charge in [0.25, 0.3) is 10.0 Å². The molecular formula is C18H15NO4S. The number of hydrogen-bond acceptors (Lipinski definition) is 4. The summed E-state index contributed by atoms with van der Waals surface area (Å²) in [5.74, 6) is 0.431. The zero-order chi connectivity index (χ0) is 17.2. The van der Waals surface area contributed by atoms with Crippen molar-refractivity contribution < 1.29 is 17.9 Å². The van der Waals surface area contributed by atoms with Gasteiger partial charge >= 0.3 is 0 Å². The van der Waals surface area contributed by atoms with E-state index >= 15 is 0 Å². The number of fused-ring (bicyclic) bond motifs is 1. The molecule has 0 heterocycles. The largest absolute Gasteiger partial charge is 0.494 e. The summed E-state index contributed by atoms with van der Waals surface area (Å²) in [5, 5.41) is 0. The van der Waals surface area contributed by atoms with Crippen LogP contribution in [0, 0.1) is 0 Å². The molecule has 0 bridgehead atoms. The van der Waals surface area contributed by atoms with E-state index in [-0.39, 0.29) is 16.4 Å². The quantitative estimate of drug-likeness (QED) is 0.857. The van der Waals surface area contributed by atoms with Crippen LogP contribution in [0.1, 0.15) is 22.8 Å². The Morgan fingerprint density at radius 2 is 1.62 bits per heavy atom. The van der Waals surface area contributed by atoms with Gasteiger partial charge in [-0.15, -0.1) is 0 Å². The second-order valence-electron chi connectivity index (χ2n) is 5.10. The Hall–Kier alpha value is -2.73. The third kappa shape index (κ3) is 3.14. The smallest absolute Gasteiger partial charge is 0.282 e. The summed E-state index contributed by atoms with van der Waals surface area (Å²) < 4.78 is 34.2. The molecule has 2 aromatic rings. The van der Waals surface area contributed by atoms with Crippen molar-refractivity contribution in [2.75, 3.05) is 6.61 Å². The first-order valence-electron chi connectivity index (χ1n) is 7.41. The molecule has 1 aliphatic carbocycles. The molecule has 2 aromatic carbocycles. The Morgan fingerprint density at radius 1 is 0.958 bits per heavy atom. The zero-order valence-electron chi connectivity index (χ0n) is 13.0. The van der Waals surface area contributed by atoms with Crippen LogP contribution >= 0.6 is 0 Å². The number of ketones is 1. The Morgan fingerprint density at radius 3 is 2.29 bits per heavy atom. The highest BCUT2D eigenvalue weighted by Gasteiger charge is 2.20. The first-order valence-corrected chi connectivity index (χ1v) is 8.85. The molecule has 0 saturated heterocycles. The number of carbonyl (C=O) groups excluding carboxylic acids is 1. The van der Waals surface area contributed by atoms with Gasteiger partial charge in [0, 0.05) is 11.1 Å². The van der Waals surface area contributed by atoms with Crippen LogP contribution < -0.4 is 4.74 Å². The van der Waals surface area contributed by atoms with E-state index in [4.69, 9.17) is 4.74 Å². The van der Waals surface area contributed by atoms with E-state index in [1.54, 1.807) is 36.4 Å². The van der Waals surface area contributed by atoms with E-state index < -0.39 is 10.0 Å². The van der Waals surface area contributed by atoms with Gasteiger partial charge in [-0.1, -0.05) is 24.3 Å². The van der Waals surface area contributed by atoms with Crippen LogP contribution in [-0.2, 0) is 10.0 Å². The van der Waals surface area contributed by atoms with Crippen molar-refractivity contribution >= 4 is 21.5 Å². The van der Waals surface area contributed by atoms with Crippen LogP contribution in [0.3, 0.4) is 0 Å². The van der Waals surface area contributed by atoms with Crippen molar-refractivity contribution in [3.05, 3.63) is 71.8 Å². The Balaban J connectivity index is 2.01. The fraction of sp³-hybridized carbons (Fsp3) is 0.111. The maximum absolute atomic E-state index is 12.5. The molecule has 6 heteroatoms. The molecule has 0 amide bonds. The maximum Gasteiger partial charge on any atom is 0.282 e. The van der Waals surface area contributed by atoms with Gasteiger partial charge < -0.3 is 4.74 Å². The first-order chi connectivity index (χ1) is 11.5. The lowest BCUT2D eigenvalue weighted by molar-refractivity contribution is 0.104. The second kappa shape index (κ2) is 6.41. The van der Waals surface area contributed by atoms with E-state index in [0.29, 0.717) is 23.5 Å². The predicted octanol–water partition coefficient (Wildman–Crippen LogP) is 3.02. The first kappa shape index (κ1) is 16.1. The van der Waals surface area contributed by atoms with E-state index in [0.717, 1.165) is 0 Å². The lowest BCUT2D eigenvalue weighted by Gasteiger charge is -2.11. The van der Waals surface area contributed by atoms with Gasteiger partial charge in [0.05, 0.1) is 17.2 Å². The highest BCUT2D eigenvalue weighted by atomic mass is 32.2. The van der Waals surface area contributed by atoms with Crippen molar-refractivity contribution in [2.24, 2.45) is 4.40 Å². The highest BCUT2D eigenvalue weighted by Crippen LogP contribution is 2.22. The monoisotopic (exact) mass is 341 g/mol. The zero-order valence-corrected chi connectivity index (χ0v) is 13.8. The molecule has 0 fully saturated rings. The fourth-order valence-corrected chi connectivity index (χ4v) is 3.40. The summed E-state index contributed by atoms with van der Waals surface area (Å²) in [5.41, 5.74) is 1.21. The van der Waals surface area contributed by atoms with E-state index in [9.17, 15) is 13.2 Å². The van der Waals surface area contributed by atoms with Crippen molar-refractivity contribution in [3.63, 3.8) is 0 Å². The van der Waals surface area contributed by atoms with Crippen LogP contribution in [0.4, 0.5) is 0 Å². The number of ether oxygens (including phenoxy) is 1. The minimum atomic E-state index is -3.88. The predicted molar refractivity (Wildman–Crippen MR) is 91.2 cm³/mol. The summed E-state index contributed by atoms with van der Waals surface area (Å²) in [4.78, 5) is 11.9. The summed E-state index contributed by atoms with van der Waals surface area (Å²) in [6.07, 6.45) is 2.76. The number of nitrogens with zero attached hydrogens (tertiary/aromatic N) is 1. The molecule has 0 N–H and O–H groups in total. The summed E-state index contributed by atoms with van der Waals surface area (Å²) in [6, 6.07) is 12.9. The number of allylic oxidation sites excluding steroid dienone is 2.